The summed E-state index contributed by atoms with van der Waals surface area (Å²) in [6.45, 7) is 2.08. The number of carbonyl (C=O) groups excluding carboxylic acids is 1. The Bertz CT molecular complexity index is 594. The van der Waals surface area contributed by atoms with E-state index in [1.165, 1.54) is 17.6 Å². The van der Waals surface area contributed by atoms with Gasteiger partial charge in [-0.3, -0.25) is 0 Å². The highest BCUT2D eigenvalue weighted by Crippen LogP contribution is 2.31. The molecule has 2 aromatic rings. The van der Waals surface area contributed by atoms with Crippen molar-refractivity contribution in [3.05, 3.63) is 58.1 Å². The molecule has 0 spiro atoms. The topological polar surface area (TPSA) is 26.3 Å². The molecule has 0 heterocycles. The van der Waals surface area contributed by atoms with Crippen LogP contribution in [0.5, 0.6) is 0 Å². The van der Waals surface area contributed by atoms with Crippen LogP contribution in [0.25, 0.3) is 0 Å². The molecule has 0 aliphatic carbocycles. The molecule has 2 nitrogen and oxygen atoms in total. The van der Waals surface area contributed by atoms with E-state index in [1.807, 2.05) is 18.2 Å². The smallest absolute Gasteiger partial charge is 0.337 e. The lowest BCUT2D eigenvalue weighted by Crippen LogP contribution is -2.00. The lowest BCUT2D eigenvalue weighted by Gasteiger charge is -2.06. The van der Waals surface area contributed by atoms with Crippen molar-refractivity contribution in [1.29, 1.82) is 0 Å². The lowest BCUT2D eigenvalue weighted by molar-refractivity contribution is 0.0600. The average molecular weight is 337 g/mol. The second kappa shape index (κ2) is 6.26. The molecule has 0 aromatic heterocycles. The highest BCUT2D eigenvalue weighted by molar-refractivity contribution is 9.10. The van der Waals surface area contributed by atoms with Crippen molar-refractivity contribution < 1.29 is 9.53 Å². The van der Waals surface area contributed by atoms with Crippen molar-refractivity contribution in [2.75, 3.05) is 7.11 Å². The van der Waals surface area contributed by atoms with Gasteiger partial charge < -0.3 is 4.74 Å². The number of benzene rings is 2. The maximum absolute atomic E-state index is 11.3. The van der Waals surface area contributed by atoms with Gasteiger partial charge in [0.2, 0.25) is 0 Å². The van der Waals surface area contributed by atoms with Crippen LogP contribution in [-0.2, 0) is 4.74 Å². The van der Waals surface area contributed by atoms with Gasteiger partial charge in [0, 0.05) is 14.3 Å². The van der Waals surface area contributed by atoms with Gasteiger partial charge in [-0.2, -0.15) is 0 Å². The summed E-state index contributed by atoms with van der Waals surface area (Å²) in [5.74, 6) is -0.309. The van der Waals surface area contributed by atoms with Crippen molar-refractivity contribution in [1.82, 2.24) is 0 Å². The summed E-state index contributed by atoms with van der Waals surface area (Å²) in [4.78, 5) is 13.6. The molecule has 0 amide bonds. The standard InChI is InChI=1S/C15H13BrO2S/c1-10-9-12(16)5-8-14(10)19-13-6-3-11(4-7-13)15(17)18-2/h3-9H,1-2H3. The van der Waals surface area contributed by atoms with Gasteiger partial charge in [-0.1, -0.05) is 27.7 Å². The van der Waals surface area contributed by atoms with E-state index >= 15 is 0 Å². The highest BCUT2D eigenvalue weighted by atomic mass is 79.9. The third-order valence-corrected chi connectivity index (χ3v) is 4.32. The third kappa shape index (κ3) is 3.61. The summed E-state index contributed by atoms with van der Waals surface area (Å²) in [5, 5.41) is 0. The minimum atomic E-state index is -0.309. The van der Waals surface area contributed by atoms with E-state index in [9.17, 15) is 4.79 Å². The third-order valence-electron chi connectivity index (χ3n) is 2.64. The van der Waals surface area contributed by atoms with Crippen LogP contribution >= 0.6 is 27.7 Å². The molecule has 2 rings (SSSR count). The van der Waals surface area contributed by atoms with Gasteiger partial charge in [0.25, 0.3) is 0 Å². The Morgan fingerprint density at radius 2 is 1.84 bits per heavy atom. The van der Waals surface area contributed by atoms with Crippen molar-refractivity contribution in [3.63, 3.8) is 0 Å². The predicted molar refractivity (Wildman–Crippen MR) is 80.8 cm³/mol. The summed E-state index contributed by atoms with van der Waals surface area (Å²) in [6.07, 6.45) is 0. The van der Waals surface area contributed by atoms with Crippen LogP contribution in [0.1, 0.15) is 15.9 Å². The fourth-order valence-electron chi connectivity index (χ4n) is 1.63. The number of aryl methyl sites for hydroxylation is 1. The maximum Gasteiger partial charge on any atom is 0.337 e. The molecule has 0 bridgehead atoms. The number of esters is 1. The first-order valence-electron chi connectivity index (χ1n) is 5.72. The molecule has 0 saturated carbocycles. The van der Waals surface area contributed by atoms with E-state index in [2.05, 4.69) is 39.7 Å². The maximum atomic E-state index is 11.3. The zero-order valence-electron chi connectivity index (χ0n) is 10.6. The summed E-state index contributed by atoms with van der Waals surface area (Å²) in [6, 6.07) is 13.6. The van der Waals surface area contributed by atoms with E-state index in [4.69, 9.17) is 0 Å². The van der Waals surface area contributed by atoms with Crippen LogP contribution in [0.3, 0.4) is 0 Å². The van der Waals surface area contributed by atoms with Crippen molar-refractivity contribution in [3.8, 4) is 0 Å². The van der Waals surface area contributed by atoms with Crippen LogP contribution in [0.2, 0.25) is 0 Å². The minimum Gasteiger partial charge on any atom is -0.465 e. The number of halogens is 1. The Morgan fingerprint density at radius 3 is 2.42 bits per heavy atom. The lowest BCUT2D eigenvalue weighted by atomic mass is 10.2. The summed E-state index contributed by atoms with van der Waals surface area (Å²) < 4.78 is 5.75. The monoisotopic (exact) mass is 336 g/mol. The molecule has 0 N–H and O–H groups in total. The molecule has 2 aromatic carbocycles. The Labute approximate surface area is 125 Å². The summed E-state index contributed by atoms with van der Waals surface area (Å²) in [7, 11) is 1.39. The molecular weight excluding hydrogens is 324 g/mol. The zero-order chi connectivity index (χ0) is 13.8. The van der Waals surface area contributed by atoms with E-state index in [1.54, 1.807) is 23.9 Å². The van der Waals surface area contributed by atoms with Crippen LogP contribution in [0.15, 0.2) is 56.7 Å². The fourth-order valence-corrected chi connectivity index (χ4v) is 2.99. The van der Waals surface area contributed by atoms with Gasteiger partial charge in [0.05, 0.1) is 12.7 Å². The van der Waals surface area contributed by atoms with Crippen molar-refractivity contribution in [2.45, 2.75) is 16.7 Å². The zero-order valence-corrected chi connectivity index (χ0v) is 13.0. The van der Waals surface area contributed by atoms with Gasteiger partial charge >= 0.3 is 5.97 Å². The molecule has 19 heavy (non-hydrogen) atoms. The largest absolute Gasteiger partial charge is 0.465 e. The Balaban J connectivity index is 2.17. The second-order valence-electron chi connectivity index (χ2n) is 4.03. The van der Waals surface area contributed by atoms with Gasteiger partial charge in [-0.25, -0.2) is 4.79 Å². The SMILES string of the molecule is COC(=O)c1ccc(Sc2ccc(Br)cc2C)cc1. The average Bonchev–Trinajstić information content (AvgIpc) is 2.42. The normalized spacial score (nSPS) is 10.3. The summed E-state index contributed by atoms with van der Waals surface area (Å²) >= 11 is 5.13. The molecule has 0 aliphatic rings. The van der Waals surface area contributed by atoms with Crippen LogP contribution < -0.4 is 0 Å². The molecule has 0 aliphatic heterocycles. The van der Waals surface area contributed by atoms with E-state index < -0.39 is 0 Å². The van der Waals surface area contributed by atoms with Crippen LogP contribution in [0, 0.1) is 6.92 Å². The number of hydrogen-bond donors (Lipinski definition) is 0. The van der Waals surface area contributed by atoms with Crippen molar-refractivity contribution in [2.24, 2.45) is 0 Å². The highest BCUT2D eigenvalue weighted by Gasteiger charge is 2.06. The predicted octanol–water partition coefficient (Wildman–Crippen LogP) is 4.70. The molecular formula is C15H13BrO2S. The van der Waals surface area contributed by atoms with E-state index in [-0.39, 0.29) is 5.97 Å². The van der Waals surface area contributed by atoms with Gasteiger partial charge in [-0.05, 0) is 55.0 Å². The van der Waals surface area contributed by atoms with Gasteiger partial charge in [-0.15, -0.1) is 0 Å². The van der Waals surface area contributed by atoms with E-state index in [0.717, 1.165) is 9.37 Å². The number of carbonyl (C=O) groups is 1. The first-order chi connectivity index (χ1) is 9.10. The van der Waals surface area contributed by atoms with E-state index in [0.29, 0.717) is 5.56 Å². The fraction of sp³-hybridized carbons (Fsp3) is 0.133. The van der Waals surface area contributed by atoms with Crippen LogP contribution in [0.4, 0.5) is 0 Å². The molecule has 0 unspecified atom stereocenters. The quantitative estimate of drug-likeness (QED) is 0.760. The molecule has 98 valence electrons. The minimum absolute atomic E-state index is 0.309. The number of hydrogen-bond acceptors (Lipinski definition) is 3. The molecule has 0 radical (unpaired) electrons. The first kappa shape index (κ1) is 14.2. The molecule has 0 fully saturated rings. The van der Waals surface area contributed by atoms with Gasteiger partial charge in [0.15, 0.2) is 0 Å². The first-order valence-corrected chi connectivity index (χ1v) is 7.33. The number of ether oxygens (including phenoxy) is 1. The van der Waals surface area contributed by atoms with Crippen LogP contribution in [-0.4, -0.2) is 13.1 Å². The Kier molecular flexibility index (Phi) is 4.66. The Hall–Kier alpha value is -1.26. The number of methoxy groups -OCH3 is 1. The summed E-state index contributed by atoms with van der Waals surface area (Å²) in [5.41, 5.74) is 1.79. The number of rotatable bonds is 3. The molecule has 0 atom stereocenters. The molecule has 0 saturated heterocycles. The van der Waals surface area contributed by atoms with Gasteiger partial charge in [0.1, 0.15) is 0 Å². The molecule has 4 heteroatoms. The van der Waals surface area contributed by atoms with Crippen molar-refractivity contribution >= 4 is 33.7 Å². The second-order valence-corrected chi connectivity index (χ2v) is 6.06. The Morgan fingerprint density at radius 1 is 1.16 bits per heavy atom.